The van der Waals surface area contributed by atoms with Gasteiger partial charge in [0.1, 0.15) is 5.75 Å². The minimum absolute atomic E-state index is 0.00536. The van der Waals surface area contributed by atoms with Crippen LogP contribution in [0.2, 0.25) is 0 Å². The number of rotatable bonds is 5. The van der Waals surface area contributed by atoms with Crippen molar-refractivity contribution in [2.24, 2.45) is 5.73 Å². The molecule has 3 atom stereocenters. The molecule has 1 aliphatic heterocycles. The molecule has 1 aromatic carbocycles. The normalized spacial score (nSPS) is 24.0. The largest absolute Gasteiger partial charge is 0.497 e. The predicted octanol–water partition coefficient (Wildman–Crippen LogP) is 1.20. The molecule has 1 fully saturated rings. The quantitative estimate of drug-likeness (QED) is 0.884. The number of benzene rings is 1. The lowest BCUT2D eigenvalue weighted by molar-refractivity contribution is 0.168. The maximum Gasteiger partial charge on any atom is 0.151 e. The molecule has 0 aromatic heterocycles. The Morgan fingerprint density at radius 2 is 1.95 bits per heavy atom. The van der Waals surface area contributed by atoms with Gasteiger partial charge in [-0.1, -0.05) is 12.1 Å². The SMILES string of the molecule is COc1ccc(C(C(C)N)N(C)C2CCS(=O)(=O)C2)cc1. The van der Waals surface area contributed by atoms with Crippen LogP contribution in [-0.4, -0.2) is 51.1 Å². The minimum Gasteiger partial charge on any atom is -0.497 e. The third kappa shape index (κ3) is 3.75. The van der Waals surface area contributed by atoms with Gasteiger partial charge >= 0.3 is 0 Å². The van der Waals surface area contributed by atoms with Crippen LogP contribution in [0.3, 0.4) is 0 Å². The second-order valence-electron chi connectivity index (χ2n) is 5.80. The summed E-state index contributed by atoms with van der Waals surface area (Å²) in [7, 11) is 0.700. The average Bonchev–Trinajstić information content (AvgIpc) is 2.79. The molecule has 0 aliphatic carbocycles. The molecule has 0 amide bonds. The van der Waals surface area contributed by atoms with Crippen LogP contribution in [0.4, 0.5) is 0 Å². The lowest BCUT2D eigenvalue weighted by atomic mass is 9.97. The lowest BCUT2D eigenvalue weighted by Gasteiger charge is -2.35. The summed E-state index contributed by atoms with van der Waals surface area (Å²) >= 11 is 0. The first-order valence-electron chi connectivity index (χ1n) is 7.16. The molecule has 1 heterocycles. The van der Waals surface area contributed by atoms with Gasteiger partial charge in [-0.15, -0.1) is 0 Å². The van der Waals surface area contributed by atoms with Gasteiger partial charge in [-0.3, -0.25) is 4.90 Å². The van der Waals surface area contributed by atoms with Crippen molar-refractivity contribution in [3.63, 3.8) is 0 Å². The van der Waals surface area contributed by atoms with Gasteiger partial charge in [-0.05, 0) is 38.1 Å². The molecular formula is C15H24N2O3S. The summed E-state index contributed by atoms with van der Waals surface area (Å²) in [6, 6.07) is 7.74. The lowest BCUT2D eigenvalue weighted by Crippen LogP contribution is -2.43. The summed E-state index contributed by atoms with van der Waals surface area (Å²) < 4.78 is 28.5. The van der Waals surface area contributed by atoms with E-state index in [2.05, 4.69) is 4.90 Å². The summed E-state index contributed by atoms with van der Waals surface area (Å²) in [5.41, 5.74) is 7.23. The predicted molar refractivity (Wildman–Crippen MR) is 84.2 cm³/mol. The molecule has 6 heteroatoms. The van der Waals surface area contributed by atoms with E-state index in [0.29, 0.717) is 6.42 Å². The summed E-state index contributed by atoms with van der Waals surface area (Å²) in [6.07, 6.45) is 0.679. The summed E-state index contributed by atoms with van der Waals surface area (Å²) in [5, 5.41) is 0. The zero-order chi connectivity index (χ0) is 15.6. The van der Waals surface area contributed by atoms with Gasteiger partial charge in [0.2, 0.25) is 0 Å². The fourth-order valence-corrected chi connectivity index (χ4v) is 4.82. The third-order valence-electron chi connectivity index (χ3n) is 4.18. The molecule has 2 rings (SSSR count). The van der Waals surface area contributed by atoms with Gasteiger partial charge < -0.3 is 10.5 Å². The Morgan fingerprint density at radius 3 is 2.38 bits per heavy atom. The Labute approximate surface area is 127 Å². The smallest absolute Gasteiger partial charge is 0.151 e. The van der Waals surface area contributed by atoms with Crippen LogP contribution in [0.1, 0.15) is 24.9 Å². The Morgan fingerprint density at radius 1 is 1.33 bits per heavy atom. The molecule has 0 spiro atoms. The maximum atomic E-state index is 11.7. The Bertz CT molecular complexity index is 569. The second kappa shape index (κ2) is 6.34. The van der Waals surface area contributed by atoms with Crippen molar-refractivity contribution in [2.45, 2.75) is 31.5 Å². The minimum atomic E-state index is -2.90. The van der Waals surface area contributed by atoms with Crippen molar-refractivity contribution >= 4 is 9.84 Å². The molecule has 2 N–H and O–H groups in total. The standard InChI is InChI=1S/C15H24N2O3S/c1-11(16)15(12-4-6-14(20-3)7-5-12)17(2)13-8-9-21(18,19)10-13/h4-7,11,13,15H,8-10,16H2,1-3H3. The van der Waals surface area contributed by atoms with E-state index in [1.807, 2.05) is 38.2 Å². The second-order valence-corrected chi connectivity index (χ2v) is 8.03. The van der Waals surface area contributed by atoms with Gasteiger partial charge in [0, 0.05) is 18.1 Å². The van der Waals surface area contributed by atoms with Crippen LogP contribution in [0.15, 0.2) is 24.3 Å². The number of sulfone groups is 1. The first kappa shape index (κ1) is 16.3. The molecule has 3 unspecified atom stereocenters. The number of ether oxygens (including phenoxy) is 1. The molecule has 1 aromatic rings. The van der Waals surface area contributed by atoms with Crippen molar-refractivity contribution in [3.8, 4) is 5.75 Å². The van der Waals surface area contributed by atoms with Crippen molar-refractivity contribution in [3.05, 3.63) is 29.8 Å². The van der Waals surface area contributed by atoms with Gasteiger partial charge in [0.25, 0.3) is 0 Å². The van der Waals surface area contributed by atoms with Crippen molar-refractivity contribution < 1.29 is 13.2 Å². The highest BCUT2D eigenvalue weighted by Gasteiger charge is 2.35. The Hall–Kier alpha value is -1.11. The van der Waals surface area contributed by atoms with Crippen molar-refractivity contribution in [1.29, 1.82) is 0 Å². The highest BCUT2D eigenvalue weighted by atomic mass is 32.2. The fraction of sp³-hybridized carbons (Fsp3) is 0.600. The average molecular weight is 312 g/mol. The van der Waals surface area contributed by atoms with E-state index < -0.39 is 9.84 Å². The zero-order valence-electron chi connectivity index (χ0n) is 12.8. The van der Waals surface area contributed by atoms with Crippen LogP contribution >= 0.6 is 0 Å². The van der Waals surface area contributed by atoms with Gasteiger partial charge in [0.05, 0.1) is 18.6 Å². The number of hydrogen-bond donors (Lipinski definition) is 1. The first-order valence-corrected chi connectivity index (χ1v) is 8.98. The van der Waals surface area contributed by atoms with E-state index in [1.165, 1.54) is 0 Å². The molecule has 0 bridgehead atoms. The highest BCUT2D eigenvalue weighted by molar-refractivity contribution is 7.91. The molecule has 5 nitrogen and oxygen atoms in total. The van der Waals surface area contributed by atoms with Gasteiger partial charge in [-0.25, -0.2) is 8.42 Å². The number of nitrogens with two attached hydrogens (primary N) is 1. The van der Waals surface area contributed by atoms with E-state index in [9.17, 15) is 8.42 Å². The molecule has 0 saturated carbocycles. The van der Waals surface area contributed by atoms with E-state index in [4.69, 9.17) is 10.5 Å². The van der Waals surface area contributed by atoms with Crippen LogP contribution in [0.5, 0.6) is 5.75 Å². The van der Waals surface area contributed by atoms with Crippen LogP contribution in [0.25, 0.3) is 0 Å². The Kier molecular flexibility index (Phi) is 4.91. The third-order valence-corrected chi connectivity index (χ3v) is 5.93. The van der Waals surface area contributed by atoms with E-state index in [-0.39, 0.29) is 29.6 Å². The monoisotopic (exact) mass is 312 g/mol. The molecule has 0 radical (unpaired) electrons. The number of likely N-dealkylation sites (N-methyl/N-ethyl adjacent to an activating group) is 1. The number of nitrogens with zero attached hydrogens (tertiary/aromatic N) is 1. The molecule has 21 heavy (non-hydrogen) atoms. The van der Waals surface area contributed by atoms with Crippen molar-refractivity contribution in [2.75, 3.05) is 25.7 Å². The van der Waals surface area contributed by atoms with E-state index in [1.54, 1.807) is 7.11 Å². The molecular weight excluding hydrogens is 288 g/mol. The maximum absolute atomic E-state index is 11.7. The van der Waals surface area contributed by atoms with Gasteiger partial charge in [0.15, 0.2) is 9.84 Å². The summed E-state index contributed by atoms with van der Waals surface area (Å²) in [6.45, 7) is 1.95. The van der Waals surface area contributed by atoms with Crippen LogP contribution < -0.4 is 10.5 Å². The first-order chi connectivity index (χ1) is 9.84. The van der Waals surface area contributed by atoms with E-state index >= 15 is 0 Å². The summed E-state index contributed by atoms with van der Waals surface area (Å²) in [4.78, 5) is 2.11. The Balaban J connectivity index is 2.22. The zero-order valence-corrected chi connectivity index (χ0v) is 13.6. The highest BCUT2D eigenvalue weighted by Crippen LogP contribution is 2.29. The summed E-state index contributed by atoms with van der Waals surface area (Å²) in [5.74, 6) is 1.30. The molecule has 1 saturated heterocycles. The molecule has 118 valence electrons. The topological polar surface area (TPSA) is 72.6 Å². The fourth-order valence-electron chi connectivity index (χ4n) is 3.03. The van der Waals surface area contributed by atoms with Gasteiger partial charge in [-0.2, -0.15) is 0 Å². The van der Waals surface area contributed by atoms with Crippen LogP contribution in [0, 0.1) is 0 Å². The van der Waals surface area contributed by atoms with Crippen LogP contribution in [-0.2, 0) is 9.84 Å². The molecule has 1 aliphatic rings. The number of hydrogen-bond acceptors (Lipinski definition) is 5. The van der Waals surface area contributed by atoms with E-state index in [0.717, 1.165) is 11.3 Å². The number of methoxy groups -OCH3 is 1. The van der Waals surface area contributed by atoms with Crippen molar-refractivity contribution in [1.82, 2.24) is 4.90 Å².